The molecule has 244 valence electrons. The van der Waals surface area contributed by atoms with Crippen molar-refractivity contribution < 1.29 is 13.3 Å². The van der Waals surface area contributed by atoms with E-state index in [4.69, 9.17) is 13.3 Å². The molecule has 0 bridgehead atoms. The number of rotatable bonds is 5. The van der Waals surface area contributed by atoms with Crippen LogP contribution in [0.15, 0.2) is 189 Å². The van der Waals surface area contributed by atoms with Crippen molar-refractivity contribution in [1.82, 2.24) is 0 Å². The largest absolute Gasteiger partial charge is 0.456 e. The van der Waals surface area contributed by atoms with Crippen molar-refractivity contribution in [3.05, 3.63) is 176 Å². The second kappa shape index (κ2) is 11.2. The Morgan fingerprint density at radius 1 is 0.308 bits per heavy atom. The van der Waals surface area contributed by atoms with E-state index in [1.54, 1.807) is 0 Å². The average Bonchev–Trinajstić information content (AvgIpc) is 3.89. The molecule has 0 fully saturated rings. The minimum Gasteiger partial charge on any atom is -0.456 e. The second-order valence-corrected chi connectivity index (χ2v) is 13.2. The van der Waals surface area contributed by atoms with Gasteiger partial charge in [0.1, 0.15) is 33.5 Å². The molecule has 0 amide bonds. The lowest BCUT2D eigenvalue weighted by atomic mass is 9.97. The molecule has 3 aromatic heterocycles. The summed E-state index contributed by atoms with van der Waals surface area (Å²) in [5.41, 5.74) is 12.5. The Morgan fingerprint density at radius 3 is 1.54 bits per heavy atom. The Morgan fingerprint density at radius 2 is 0.846 bits per heavy atom. The van der Waals surface area contributed by atoms with Gasteiger partial charge in [0, 0.05) is 66.6 Å². The SMILES string of the molecule is c1ccc(N(c2ccccc2)c2ccc3c(c2)oc2c(-c4cccc5c4oc4cc(-c6cccc7oc8ccccc8c67)ccc45)cccc23)cc1. The lowest BCUT2D eigenvalue weighted by Gasteiger charge is -2.25. The van der Waals surface area contributed by atoms with Crippen molar-refractivity contribution in [2.45, 2.75) is 0 Å². The quantitative estimate of drug-likeness (QED) is 0.183. The molecular formula is C48H29NO3. The third-order valence-corrected chi connectivity index (χ3v) is 10.3. The highest BCUT2D eigenvalue weighted by atomic mass is 16.3. The number of para-hydroxylation sites is 5. The second-order valence-electron chi connectivity index (χ2n) is 13.2. The summed E-state index contributed by atoms with van der Waals surface area (Å²) in [6.07, 6.45) is 0. The van der Waals surface area contributed by atoms with Crippen LogP contribution < -0.4 is 4.90 Å². The van der Waals surface area contributed by atoms with Gasteiger partial charge in [-0.15, -0.1) is 0 Å². The fourth-order valence-corrected chi connectivity index (χ4v) is 7.93. The van der Waals surface area contributed by atoms with Crippen molar-refractivity contribution in [3.8, 4) is 22.3 Å². The Kier molecular flexibility index (Phi) is 6.22. The molecule has 0 radical (unpaired) electrons. The van der Waals surface area contributed by atoms with Crippen LogP contribution in [0.2, 0.25) is 0 Å². The van der Waals surface area contributed by atoms with E-state index < -0.39 is 0 Å². The van der Waals surface area contributed by atoms with Crippen molar-refractivity contribution in [3.63, 3.8) is 0 Å². The smallest absolute Gasteiger partial charge is 0.143 e. The fraction of sp³-hybridized carbons (Fsp3) is 0. The minimum absolute atomic E-state index is 0.833. The first-order valence-corrected chi connectivity index (χ1v) is 17.5. The summed E-state index contributed by atoms with van der Waals surface area (Å²) in [4.78, 5) is 2.26. The highest BCUT2D eigenvalue weighted by molar-refractivity contribution is 6.17. The highest BCUT2D eigenvalue weighted by Crippen LogP contribution is 2.44. The van der Waals surface area contributed by atoms with Crippen LogP contribution in [0.3, 0.4) is 0 Å². The van der Waals surface area contributed by atoms with E-state index in [1.165, 1.54) is 0 Å². The number of hydrogen-bond donors (Lipinski definition) is 0. The van der Waals surface area contributed by atoms with E-state index in [0.29, 0.717) is 0 Å². The maximum atomic E-state index is 6.79. The molecule has 11 rings (SSSR count). The van der Waals surface area contributed by atoms with Gasteiger partial charge in [0.25, 0.3) is 0 Å². The van der Waals surface area contributed by atoms with Gasteiger partial charge < -0.3 is 18.2 Å². The van der Waals surface area contributed by atoms with Gasteiger partial charge in [0.2, 0.25) is 0 Å². The maximum absolute atomic E-state index is 6.79. The zero-order valence-corrected chi connectivity index (χ0v) is 27.9. The topological polar surface area (TPSA) is 42.7 Å². The molecular weight excluding hydrogens is 639 g/mol. The lowest BCUT2D eigenvalue weighted by molar-refractivity contribution is 0.665. The van der Waals surface area contributed by atoms with Crippen LogP contribution in [0.5, 0.6) is 0 Å². The van der Waals surface area contributed by atoms with Crippen LogP contribution in [-0.4, -0.2) is 0 Å². The molecule has 0 N–H and O–H groups in total. The van der Waals surface area contributed by atoms with E-state index in [2.05, 4.69) is 150 Å². The molecule has 52 heavy (non-hydrogen) atoms. The highest BCUT2D eigenvalue weighted by Gasteiger charge is 2.20. The molecule has 0 aliphatic rings. The summed E-state index contributed by atoms with van der Waals surface area (Å²) < 4.78 is 19.8. The van der Waals surface area contributed by atoms with Gasteiger partial charge in [-0.05, 0) is 71.8 Å². The zero-order valence-electron chi connectivity index (χ0n) is 27.9. The van der Waals surface area contributed by atoms with Gasteiger partial charge in [-0.2, -0.15) is 0 Å². The Hall–Kier alpha value is -7.04. The van der Waals surface area contributed by atoms with E-state index >= 15 is 0 Å². The van der Waals surface area contributed by atoms with Gasteiger partial charge in [0.15, 0.2) is 0 Å². The standard InChI is InChI=1S/C48H29NO3/c1-3-12-31(13-4-1)49(32-14-5-2-6-15-32)33-25-27-36-38-19-10-21-40(48(38)52-45(36)29-33)39-20-9-18-37-35-26-24-30(28-44(35)51-47(37)39)34-17-11-23-43-46(34)41-16-7-8-22-42(41)50-43/h1-29H. The zero-order chi connectivity index (χ0) is 34.2. The van der Waals surface area contributed by atoms with E-state index in [1.807, 2.05) is 30.3 Å². The first-order valence-electron chi connectivity index (χ1n) is 17.5. The van der Waals surface area contributed by atoms with Crippen LogP contribution in [-0.2, 0) is 0 Å². The van der Waals surface area contributed by atoms with E-state index in [0.717, 1.165) is 105 Å². The summed E-state index contributed by atoms with van der Waals surface area (Å²) in [6, 6.07) is 61.1. The summed E-state index contributed by atoms with van der Waals surface area (Å²) in [5.74, 6) is 0. The third kappa shape index (κ3) is 4.34. The number of anilines is 3. The third-order valence-electron chi connectivity index (χ3n) is 10.3. The summed E-state index contributed by atoms with van der Waals surface area (Å²) in [7, 11) is 0. The van der Waals surface area contributed by atoms with Gasteiger partial charge in [-0.25, -0.2) is 0 Å². The van der Waals surface area contributed by atoms with Crippen LogP contribution in [0, 0.1) is 0 Å². The molecule has 0 unspecified atom stereocenters. The van der Waals surface area contributed by atoms with Crippen molar-refractivity contribution in [2.75, 3.05) is 4.90 Å². The normalized spacial score (nSPS) is 11.8. The summed E-state index contributed by atoms with van der Waals surface area (Å²) in [6.45, 7) is 0. The number of nitrogens with zero attached hydrogens (tertiary/aromatic N) is 1. The molecule has 11 aromatic rings. The Bertz CT molecular complexity index is 3090. The Labute approximate surface area is 298 Å². The average molecular weight is 668 g/mol. The Balaban J connectivity index is 1.06. The summed E-state index contributed by atoms with van der Waals surface area (Å²) in [5, 5.41) is 6.52. The predicted octanol–water partition coefficient (Wildman–Crippen LogP) is 14.2. The van der Waals surface area contributed by atoms with Gasteiger partial charge in [-0.1, -0.05) is 109 Å². The maximum Gasteiger partial charge on any atom is 0.143 e. The van der Waals surface area contributed by atoms with Crippen molar-refractivity contribution >= 4 is 82.9 Å². The number of fused-ring (bicyclic) bond motifs is 9. The number of hydrogen-bond acceptors (Lipinski definition) is 4. The molecule has 0 spiro atoms. The minimum atomic E-state index is 0.833. The van der Waals surface area contributed by atoms with E-state index in [-0.39, 0.29) is 0 Å². The molecule has 8 aromatic carbocycles. The first kappa shape index (κ1) is 28.8. The van der Waals surface area contributed by atoms with Crippen LogP contribution >= 0.6 is 0 Å². The molecule has 3 heterocycles. The van der Waals surface area contributed by atoms with Crippen LogP contribution in [0.4, 0.5) is 17.1 Å². The lowest BCUT2D eigenvalue weighted by Crippen LogP contribution is -2.09. The van der Waals surface area contributed by atoms with Gasteiger partial charge >= 0.3 is 0 Å². The van der Waals surface area contributed by atoms with Crippen LogP contribution in [0.25, 0.3) is 88.1 Å². The predicted molar refractivity (Wildman–Crippen MR) is 214 cm³/mol. The van der Waals surface area contributed by atoms with Gasteiger partial charge in [0.05, 0.1) is 0 Å². The number of benzene rings is 8. The summed E-state index contributed by atoms with van der Waals surface area (Å²) >= 11 is 0. The van der Waals surface area contributed by atoms with Crippen molar-refractivity contribution in [2.24, 2.45) is 0 Å². The fourth-order valence-electron chi connectivity index (χ4n) is 7.93. The molecule has 0 saturated carbocycles. The first-order chi connectivity index (χ1) is 25.8. The van der Waals surface area contributed by atoms with E-state index in [9.17, 15) is 0 Å². The van der Waals surface area contributed by atoms with Crippen molar-refractivity contribution in [1.29, 1.82) is 0 Å². The van der Waals surface area contributed by atoms with Gasteiger partial charge in [-0.3, -0.25) is 0 Å². The number of furan rings is 3. The monoisotopic (exact) mass is 667 g/mol. The molecule has 4 nitrogen and oxygen atoms in total. The molecule has 4 heteroatoms. The molecule has 0 atom stereocenters. The molecule has 0 saturated heterocycles. The molecule has 0 aliphatic carbocycles. The van der Waals surface area contributed by atoms with Crippen LogP contribution in [0.1, 0.15) is 0 Å². The molecule has 0 aliphatic heterocycles.